The highest BCUT2D eigenvalue weighted by atomic mass is 79.9. The van der Waals surface area contributed by atoms with Gasteiger partial charge in [-0.2, -0.15) is 9.78 Å². The van der Waals surface area contributed by atoms with Gasteiger partial charge in [-0.25, -0.2) is 14.4 Å². The molecule has 3 N–H and O–H groups in total. The van der Waals surface area contributed by atoms with Gasteiger partial charge in [0.25, 0.3) is 5.91 Å². The number of halogens is 2. The lowest BCUT2D eigenvalue weighted by Crippen LogP contribution is -2.38. The largest absolute Gasteiger partial charge is 0.378 e. The lowest BCUT2D eigenvalue weighted by atomic mass is 10.0. The molecule has 1 fully saturated rings. The fraction of sp³-hybridized carbons (Fsp3) is 0.368. The van der Waals surface area contributed by atoms with Crippen molar-refractivity contribution in [1.29, 1.82) is 0 Å². The van der Waals surface area contributed by atoms with E-state index >= 15 is 0 Å². The maximum absolute atomic E-state index is 13.4. The highest BCUT2D eigenvalue weighted by molar-refractivity contribution is 9.10. The summed E-state index contributed by atoms with van der Waals surface area (Å²) >= 11 is 3.11. The minimum absolute atomic E-state index is 0.0368. The number of hydrogen-bond donors (Lipinski definition) is 2. The van der Waals surface area contributed by atoms with Gasteiger partial charge in [0, 0.05) is 12.6 Å². The van der Waals surface area contributed by atoms with Crippen LogP contribution in [0.15, 0.2) is 32.4 Å². The van der Waals surface area contributed by atoms with Crippen LogP contribution in [0.1, 0.15) is 47.9 Å². The molecule has 2 aromatic heterocycles. The second kappa shape index (κ2) is 9.53. The molecule has 168 valence electrons. The number of nitrogens with two attached hydrogens (primary N) is 1. The first-order valence-electron chi connectivity index (χ1n) is 9.99. The van der Waals surface area contributed by atoms with E-state index in [0.29, 0.717) is 28.3 Å². The number of likely N-dealkylation sites (tertiary alicyclic amines) is 1. The topological polar surface area (TPSA) is 140 Å². The Hall–Kier alpha value is -3.19. The Balaban J connectivity index is 1.58. The van der Waals surface area contributed by atoms with Gasteiger partial charge in [-0.05, 0) is 70.2 Å². The molecule has 1 atom stereocenters. The van der Waals surface area contributed by atoms with Crippen LogP contribution >= 0.6 is 15.9 Å². The molecule has 3 aromatic rings. The van der Waals surface area contributed by atoms with Crippen LogP contribution in [0.25, 0.3) is 5.82 Å². The second-order valence-corrected chi connectivity index (χ2v) is 8.31. The van der Waals surface area contributed by atoms with E-state index in [1.807, 2.05) is 0 Å². The Kier molecular flexibility index (Phi) is 6.55. The van der Waals surface area contributed by atoms with Crippen LogP contribution in [0.2, 0.25) is 0 Å². The average molecular weight is 506 g/mol. The fourth-order valence-corrected chi connectivity index (χ4v) is 3.92. The third-order valence-corrected chi connectivity index (χ3v) is 5.90. The van der Waals surface area contributed by atoms with Gasteiger partial charge in [0.1, 0.15) is 5.82 Å². The summed E-state index contributed by atoms with van der Waals surface area (Å²) in [5.74, 6) is -0.741. The SMILES string of the molecule is CC1CCCCN1Cc1c(C(=O)N/N=C\c2ccc(F)c(Br)c2)nnn1-c1nonc1N. The Morgan fingerprint density at radius 2 is 2.28 bits per heavy atom. The molecule has 11 nitrogen and oxygen atoms in total. The summed E-state index contributed by atoms with van der Waals surface area (Å²) in [6.07, 6.45) is 4.70. The van der Waals surface area contributed by atoms with E-state index < -0.39 is 5.91 Å². The summed E-state index contributed by atoms with van der Waals surface area (Å²) < 4.78 is 19.7. The second-order valence-electron chi connectivity index (χ2n) is 7.46. The van der Waals surface area contributed by atoms with E-state index in [1.54, 1.807) is 6.07 Å². The predicted octanol–water partition coefficient (Wildman–Crippen LogP) is 2.27. The molecule has 1 unspecified atom stereocenters. The van der Waals surface area contributed by atoms with Gasteiger partial charge in [0.2, 0.25) is 11.6 Å². The number of nitrogens with one attached hydrogen (secondary N) is 1. The van der Waals surface area contributed by atoms with Crippen molar-refractivity contribution in [2.45, 2.75) is 38.8 Å². The summed E-state index contributed by atoms with van der Waals surface area (Å²) in [7, 11) is 0. The van der Waals surface area contributed by atoms with Crippen molar-refractivity contribution in [2.24, 2.45) is 5.10 Å². The highest BCUT2D eigenvalue weighted by Crippen LogP contribution is 2.23. The molecule has 0 radical (unpaired) electrons. The Bertz CT molecular complexity index is 1150. The number of nitrogen functional groups attached to an aromatic ring is 1. The Morgan fingerprint density at radius 3 is 3.00 bits per heavy atom. The number of amides is 1. The van der Waals surface area contributed by atoms with Gasteiger partial charge in [0.05, 0.1) is 16.4 Å². The Morgan fingerprint density at radius 1 is 1.44 bits per heavy atom. The highest BCUT2D eigenvalue weighted by Gasteiger charge is 2.28. The van der Waals surface area contributed by atoms with Crippen molar-refractivity contribution in [2.75, 3.05) is 12.3 Å². The van der Waals surface area contributed by atoms with E-state index in [2.05, 4.69) is 63.5 Å². The van der Waals surface area contributed by atoms with Gasteiger partial charge in [-0.15, -0.1) is 5.10 Å². The maximum Gasteiger partial charge on any atom is 0.293 e. The van der Waals surface area contributed by atoms with Crippen molar-refractivity contribution in [3.63, 3.8) is 0 Å². The first-order valence-corrected chi connectivity index (χ1v) is 10.8. The molecule has 4 rings (SSSR count). The van der Waals surface area contributed by atoms with Crippen LogP contribution in [0.4, 0.5) is 10.2 Å². The van der Waals surface area contributed by atoms with Crippen LogP contribution < -0.4 is 11.2 Å². The molecule has 0 bridgehead atoms. The molecule has 0 spiro atoms. The van der Waals surface area contributed by atoms with Crippen LogP contribution in [0.3, 0.4) is 0 Å². The van der Waals surface area contributed by atoms with E-state index in [-0.39, 0.29) is 23.1 Å². The van der Waals surface area contributed by atoms with E-state index in [1.165, 1.54) is 23.0 Å². The van der Waals surface area contributed by atoms with E-state index in [9.17, 15) is 9.18 Å². The first-order chi connectivity index (χ1) is 15.4. The van der Waals surface area contributed by atoms with Crippen molar-refractivity contribution >= 4 is 33.9 Å². The first kappa shape index (κ1) is 22.0. The van der Waals surface area contributed by atoms with Crippen molar-refractivity contribution in [3.8, 4) is 5.82 Å². The summed E-state index contributed by atoms with van der Waals surface area (Å²) in [6, 6.07) is 4.72. The summed E-state index contributed by atoms with van der Waals surface area (Å²) in [4.78, 5) is 15.1. The lowest BCUT2D eigenvalue weighted by molar-refractivity contribution is 0.0945. The smallest absolute Gasteiger partial charge is 0.293 e. The van der Waals surface area contributed by atoms with E-state index in [4.69, 9.17) is 5.73 Å². The summed E-state index contributed by atoms with van der Waals surface area (Å²) in [6.45, 7) is 3.44. The fourth-order valence-electron chi connectivity index (χ4n) is 3.52. The number of piperidine rings is 1. The molecule has 13 heteroatoms. The molecule has 1 aliphatic heterocycles. The molecule has 1 amide bonds. The molecular formula is C19H21BrFN9O2. The monoisotopic (exact) mass is 505 g/mol. The normalized spacial score (nSPS) is 17.2. The molecular weight excluding hydrogens is 485 g/mol. The number of rotatable bonds is 6. The number of nitrogens with zero attached hydrogens (tertiary/aromatic N) is 7. The Labute approximate surface area is 190 Å². The molecule has 3 heterocycles. The number of hydrazone groups is 1. The molecule has 0 aliphatic carbocycles. The zero-order valence-corrected chi connectivity index (χ0v) is 18.8. The molecule has 32 heavy (non-hydrogen) atoms. The van der Waals surface area contributed by atoms with Crippen molar-refractivity contribution in [1.82, 2.24) is 35.6 Å². The average Bonchev–Trinajstić information content (AvgIpc) is 3.38. The maximum atomic E-state index is 13.4. The van der Waals surface area contributed by atoms with Crippen molar-refractivity contribution in [3.05, 3.63) is 45.4 Å². The third-order valence-electron chi connectivity index (χ3n) is 5.29. The van der Waals surface area contributed by atoms with Gasteiger partial charge in [-0.3, -0.25) is 9.69 Å². The van der Waals surface area contributed by atoms with Gasteiger partial charge in [0.15, 0.2) is 5.69 Å². The van der Waals surface area contributed by atoms with Crippen LogP contribution in [-0.4, -0.2) is 54.9 Å². The van der Waals surface area contributed by atoms with Gasteiger partial charge < -0.3 is 5.73 Å². The predicted molar refractivity (Wildman–Crippen MR) is 117 cm³/mol. The van der Waals surface area contributed by atoms with Gasteiger partial charge in [-0.1, -0.05) is 17.7 Å². The molecule has 1 aliphatic rings. The minimum Gasteiger partial charge on any atom is -0.378 e. The standard InChI is InChI=1S/C19H21BrFN9O2/c1-11-4-2-3-7-29(11)10-15-16(24-28-30(15)18-17(22)26-32-27-18)19(31)25-23-9-12-5-6-14(21)13(20)8-12/h5-6,8-9,11H,2-4,7,10H2,1H3,(H2,22,26)(H,25,31)/b23-9-. The number of benzene rings is 1. The third kappa shape index (κ3) is 4.67. The number of anilines is 1. The number of aromatic nitrogens is 5. The van der Waals surface area contributed by atoms with Gasteiger partial charge >= 0.3 is 0 Å². The number of hydrogen-bond acceptors (Lipinski definition) is 9. The van der Waals surface area contributed by atoms with Crippen molar-refractivity contribution < 1.29 is 13.8 Å². The summed E-state index contributed by atoms with van der Waals surface area (Å²) in [5.41, 5.74) is 9.46. The van der Waals surface area contributed by atoms with Crippen LogP contribution in [0.5, 0.6) is 0 Å². The molecule has 1 saturated heterocycles. The molecule has 0 saturated carbocycles. The zero-order valence-electron chi connectivity index (χ0n) is 17.2. The minimum atomic E-state index is -0.552. The van der Waals surface area contributed by atoms with Crippen LogP contribution in [0, 0.1) is 5.82 Å². The van der Waals surface area contributed by atoms with E-state index in [0.717, 1.165) is 25.8 Å². The number of carbonyl (C=O) groups is 1. The number of carbonyl (C=O) groups excluding carboxylic acids is 1. The quantitative estimate of drug-likeness (QED) is 0.383. The van der Waals surface area contributed by atoms with Crippen LogP contribution in [-0.2, 0) is 6.54 Å². The lowest BCUT2D eigenvalue weighted by Gasteiger charge is -2.33. The zero-order chi connectivity index (χ0) is 22.7. The molecule has 1 aromatic carbocycles. The summed E-state index contributed by atoms with van der Waals surface area (Å²) in [5, 5.41) is 19.4.